The number of hydrogen-bond donors (Lipinski definition) is 0. The minimum absolute atomic E-state index is 0.00259. The maximum absolute atomic E-state index is 7.04. The Morgan fingerprint density at radius 2 is 0.758 bits per heavy atom. The van der Waals surface area contributed by atoms with Gasteiger partial charge in [0.15, 0.2) is 0 Å². The van der Waals surface area contributed by atoms with E-state index in [4.69, 9.17) is 9.47 Å². The molecule has 0 spiro atoms. The molecule has 8 heteroatoms. The Morgan fingerprint density at radius 1 is 0.387 bits per heavy atom. The molecule has 4 unspecified atom stereocenters. The summed E-state index contributed by atoms with van der Waals surface area (Å²) in [6.45, 7) is 14.8. The molecule has 0 saturated heterocycles. The van der Waals surface area contributed by atoms with Crippen LogP contribution in [0.3, 0.4) is 0 Å². The van der Waals surface area contributed by atoms with Crippen LogP contribution in [0, 0.1) is 0 Å². The molecule has 4 aromatic heterocycles. The van der Waals surface area contributed by atoms with E-state index in [0.29, 0.717) is 0 Å². The van der Waals surface area contributed by atoms with Crippen LogP contribution in [0.1, 0.15) is 57.4 Å². The zero-order valence-corrected chi connectivity index (χ0v) is 41.0. The zero-order chi connectivity index (χ0) is 42.3. The van der Waals surface area contributed by atoms with E-state index < -0.39 is 16.1 Å². The fourth-order valence-electron chi connectivity index (χ4n) is 9.50. The Bertz CT molecular complexity index is 3230. The van der Waals surface area contributed by atoms with Crippen molar-refractivity contribution in [3.8, 4) is 11.5 Å². The van der Waals surface area contributed by atoms with Crippen molar-refractivity contribution in [2.75, 3.05) is 0 Å². The number of hydrogen-bond acceptors (Lipinski definition) is 6. The summed E-state index contributed by atoms with van der Waals surface area (Å²) in [4.78, 5) is 0. The molecule has 0 aliphatic carbocycles. The topological polar surface area (TPSA) is 18.5 Å². The molecule has 0 fully saturated rings. The van der Waals surface area contributed by atoms with Gasteiger partial charge in [-0.3, -0.25) is 0 Å². The minimum Gasteiger partial charge on any atom is -0.484 e. The molecule has 4 atom stereocenters. The molecule has 6 aromatic carbocycles. The molecule has 12 rings (SSSR count). The number of benzene rings is 6. The average molecular weight is 913 g/mol. The molecule has 6 heterocycles. The second-order valence-corrected chi connectivity index (χ2v) is 33.4. The van der Waals surface area contributed by atoms with Crippen LogP contribution in [0.15, 0.2) is 156 Å². The number of thiophene rings is 4. The van der Waals surface area contributed by atoms with Crippen LogP contribution in [0.4, 0.5) is 0 Å². The lowest BCUT2D eigenvalue weighted by Gasteiger charge is -2.20. The van der Waals surface area contributed by atoms with Gasteiger partial charge in [-0.05, 0) is 66.3 Å². The van der Waals surface area contributed by atoms with Crippen LogP contribution in [-0.2, 0) is 0 Å². The van der Waals surface area contributed by atoms with E-state index >= 15 is 0 Å². The van der Waals surface area contributed by atoms with E-state index in [2.05, 4.69) is 196 Å². The Labute approximate surface area is 382 Å². The third-order valence-corrected chi connectivity index (χ3v) is 24.1. The third-order valence-electron chi connectivity index (χ3n) is 12.5. The van der Waals surface area contributed by atoms with E-state index in [0.717, 1.165) is 11.5 Å². The Morgan fingerprint density at radius 3 is 1.23 bits per heavy atom. The largest absolute Gasteiger partial charge is 0.484 e. The van der Waals surface area contributed by atoms with Gasteiger partial charge in [-0.25, -0.2) is 0 Å². The van der Waals surface area contributed by atoms with Crippen LogP contribution >= 0.6 is 45.3 Å². The standard InChI is InChI=1S/C30H32OS2Si2.C24H16OS2/c1-34(2,3)23-17-21-26-25(19-13-9-7-10-14-19)27(20-15-11-8-12-16-20)31-28(26)22-18-24(35(4,5)6)33-30(22)29(21)32-23;1-3-7-15(8-4-1)19-20-17-11-13-26-23(17)24-18(12-14-27-24)22(20)25-21(19)16-9-5-2-6-10-16/h7-18,25,27H,1-6H3;1-14,19,21H. The molecular formula is C54H48O2S4Si2. The molecule has 62 heavy (non-hydrogen) atoms. The lowest BCUT2D eigenvalue weighted by Crippen LogP contribution is -2.34. The summed E-state index contributed by atoms with van der Waals surface area (Å²) in [6.07, 6.45) is -0.0231. The van der Waals surface area contributed by atoms with Crippen molar-refractivity contribution in [1.29, 1.82) is 0 Å². The summed E-state index contributed by atoms with van der Waals surface area (Å²) >= 11 is 7.72. The fourth-order valence-corrected chi connectivity index (χ4v) is 17.7. The van der Waals surface area contributed by atoms with E-state index in [1.54, 1.807) is 9.00 Å². The van der Waals surface area contributed by atoms with Crippen molar-refractivity contribution in [1.82, 2.24) is 0 Å². The monoisotopic (exact) mass is 912 g/mol. The van der Waals surface area contributed by atoms with Crippen LogP contribution in [0.25, 0.3) is 40.3 Å². The third kappa shape index (κ3) is 6.73. The summed E-state index contributed by atoms with van der Waals surface area (Å²) in [6, 6.07) is 52.8. The Kier molecular flexibility index (Phi) is 9.98. The van der Waals surface area contributed by atoms with Crippen molar-refractivity contribution in [2.24, 2.45) is 0 Å². The molecule has 0 amide bonds. The van der Waals surface area contributed by atoms with Gasteiger partial charge in [0.2, 0.25) is 0 Å². The van der Waals surface area contributed by atoms with Gasteiger partial charge in [-0.1, -0.05) is 161 Å². The maximum Gasteiger partial charge on any atom is 0.135 e. The molecule has 0 N–H and O–H groups in total. The lowest BCUT2D eigenvalue weighted by atomic mass is 9.83. The normalized spacial score (nSPS) is 18.4. The highest BCUT2D eigenvalue weighted by molar-refractivity contribution is 7.37. The van der Waals surface area contributed by atoms with Gasteiger partial charge < -0.3 is 9.47 Å². The van der Waals surface area contributed by atoms with E-state index in [1.165, 1.54) is 73.7 Å². The number of rotatable bonds is 6. The fraction of sp³-hybridized carbons (Fsp3) is 0.185. The molecule has 2 aliphatic heterocycles. The summed E-state index contributed by atoms with van der Waals surface area (Å²) in [7, 11) is -2.91. The summed E-state index contributed by atoms with van der Waals surface area (Å²) < 4.78 is 22.6. The predicted molar refractivity (Wildman–Crippen MR) is 277 cm³/mol. The highest BCUT2D eigenvalue weighted by Crippen LogP contribution is 2.58. The van der Waals surface area contributed by atoms with Crippen LogP contribution in [0.5, 0.6) is 11.5 Å². The minimum atomic E-state index is -1.46. The quantitative estimate of drug-likeness (QED) is 0.155. The van der Waals surface area contributed by atoms with Crippen LogP contribution in [-0.4, -0.2) is 16.1 Å². The molecule has 308 valence electrons. The van der Waals surface area contributed by atoms with E-state index in [-0.39, 0.29) is 24.0 Å². The van der Waals surface area contributed by atoms with Gasteiger partial charge >= 0.3 is 0 Å². The van der Waals surface area contributed by atoms with Crippen molar-refractivity contribution < 1.29 is 9.47 Å². The van der Waals surface area contributed by atoms with Gasteiger partial charge in [0, 0.05) is 32.7 Å². The second kappa shape index (κ2) is 15.5. The first-order valence-electron chi connectivity index (χ1n) is 21.5. The molecule has 2 nitrogen and oxygen atoms in total. The van der Waals surface area contributed by atoms with Crippen molar-refractivity contribution in [3.63, 3.8) is 0 Å². The molecule has 10 aromatic rings. The van der Waals surface area contributed by atoms with Gasteiger partial charge in [-0.15, -0.1) is 45.3 Å². The smallest absolute Gasteiger partial charge is 0.135 e. The average Bonchev–Trinajstić information content (AvgIpc) is 4.13. The first-order chi connectivity index (χ1) is 30.0. The molecular weight excluding hydrogens is 865 g/mol. The molecule has 0 saturated carbocycles. The van der Waals surface area contributed by atoms with Gasteiger partial charge in [0.05, 0.1) is 46.8 Å². The van der Waals surface area contributed by atoms with Gasteiger partial charge in [0.25, 0.3) is 0 Å². The van der Waals surface area contributed by atoms with Crippen molar-refractivity contribution >= 4 is 111 Å². The van der Waals surface area contributed by atoms with Crippen LogP contribution in [0.2, 0.25) is 39.3 Å². The highest BCUT2D eigenvalue weighted by atomic mass is 32.1. The summed E-state index contributed by atoms with van der Waals surface area (Å²) in [5.74, 6) is 2.57. The van der Waals surface area contributed by atoms with Gasteiger partial charge in [0.1, 0.15) is 23.7 Å². The first-order valence-corrected chi connectivity index (χ1v) is 31.9. The summed E-state index contributed by atoms with van der Waals surface area (Å²) in [5, 5.41) is 9.74. The number of fused-ring (bicyclic) bond motifs is 12. The lowest BCUT2D eigenvalue weighted by molar-refractivity contribution is 0.224. The van der Waals surface area contributed by atoms with Crippen molar-refractivity contribution in [2.45, 2.75) is 63.3 Å². The molecule has 2 aliphatic rings. The molecule has 0 bridgehead atoms. The Balaban J connectivity index is 0.000000144. The highest BCUT2D eigenvalue weighted by Gasteiger charge is 2.42. The second-order valence-electron chi connectivity index (χ2n) is 18.7. The maximum atomic E-state index is 7.04. The van der Waals surface area contributed by atoms with Crippen molar-refractivity contribution in [3.05, 3.63) is 190 Å². The van der Waals surface area contributed by atoms with Crippen LogP contribution < -0.4 is 18.5 Å². The first kappa shape index (κ1) is 40.0. The Hall–Kier alpha value is -4.81. The summed E-state index contributed by atoms with van der Waals surface area (Å²) in [5.41, 5.74) is 7.87. The van der Waals surface area contributed by atoms with E-state index in [9.17, 15) is 0 Å². The molecule has 0 radical (unpaired) electrons. The van der Waals surface area contributed by atoms with Gasteiger partial charge in [-0.2, -0.15) is 0 Å². The predicted octanol–water partition coefficient (Wildman–Crippen LogP) is 15.9. The SMILES string of the molecule is C[Si](C)(C)c1cc2c3c(c4cc([Si](C)(C)C)sc4c2s1)C(c1ccccc1)C(c1ccccc1)O3.c1ccc(C2Oc3c(c4ccsc4c4sccc34)C2c2ccccc2)cc1. The zero-order valence-electron chi connectivity index (χ0n) is 35.8. The van der Waals surface area contributed by atoms with E-state index in [1.807, 2.05) is 45.3 Å². The number of ether oxygens (including phenoxy) is 2.